The summed E-state index contributed by atoms with van der Waals surface area (Å²) in [6.45, 7) is 5.54. The number of hydrogen-bond acceptors (Lipinski definition) is 5. The molecular weight excluding hydrogens is 447 g/mol. The Morgan fingerprint density at radius 2 is 1.69 bits per heavy atom. The number of carbonyl (C=O) groups excluding carboxylic acids is 3. The van der Waals surface area contributed by atoms with Crippen LogP contribution in [0.5, 0.6) is 0 Å². The van der Waals surface area contributed by atoms with Crippen molar-refractivity contribution in [2.45, 2.75) is 19.4 Å². The van der Waals surface area contributed by atoms with Crippen molar-refractivity contribution in [3.63, 3.8) is 0 Å². The molecule has 1 N–H and O–H groups in total. The molecule has 2 aliphatic rings. The van der Waals surface area contributed by atoms with Crippen LogP contribution in [0.3, 0.4) is 0 Å². The fourth-order valence-corrected chi connectivity index (χ4v) is 4.83. The van der Waals surface area contributed by atoms with Crippen LogP contribution in [0.2, 0.25) is 0 Å². The molecule has 0 aliphatic carbocycles. The molecule has 2 heterocycles. The van der Waals surface area contributed by atoms with E-state index in [0.717, 1.165) is 16.3 Å². The molecule has 3 amide bonds. The number of nitrogens with zero attached hydrogens (tertiary/aromatic N) is 3. The number of amides is 3. The third kappa shape index (κ3) is 4.14. The number of Topliss-reactive ketones (excluding diaryl/α,β-unsaturated/α-hetero) is 1. The summed E-state index contributed by atoms with van der Waals surface area (Å²) in [5.41, 5.74) is 0.405. The fraction of sp³-hybridized carbons (Fsp3) is 0.296. The second kappa shape index (κ2) is 8.78. The van der Waals surface area contributed by atoms with Crippen molar-refractivity contribution in [3.05, 3.63) is 77.6 Å². The number of ketones is 1. The summed E-state index contributed by atoms with van der Waals surface area (Å²) >= 11 is 0. The van der Waals surface area contributed by atoms with Crippen molar-refractivity contribution < 1.29 is 18.8 Å². The highest BCUT2D eigenvalue weighted by Crippen LogP contribution is 2.31. The predicted octanol–water partition coefficient (Wildman–Crippen LogP) is 3.73. The van der Waals surface area contributed by atoms with Crippen molar-refractivity contribution in [1.29, 1.82) is 0 Å². The van der Waals surface area contributed by atoms with Crippen LogP contribution in [0.15, 0.2) is 60.7 Å². The van der Waals surface area contributed by atoms with E-state index in [-0.39, 0.29) is 18.4 Å². The molecule has 3 aromatic carbocycles. The first kappa shape index (κ1) is 23.0. The van der Waals surface area contributed by atoms with Crippen molar-refractivity contribution in [2.24, 2.45) is 0 Å². The summed E-state index contributed by atoms with van der Waals surface area (Å²) in [7, 11) is 0. The first-order valence-corrected chi connectivity index (χ1v) is 11.7. The fourth-order valence-electron chi connectivity index (χ4n) is 4.83. The standard InChI is InChI=1S/C27H27FN4O3/c1-18(33)20-8-10-24(23(28)16-20)31-13-11-30(12-14-31)17-32-25(34)27(2,29-26(32)35)22-9-7-19-5-3-4-6-21(19)15-22/h3-10,15-16H,11-14,17H2,1-2H3,(H,29,35). The van der Waals surface area contributed by atoms with Gasteiger partial charge in [-0.1, -0.05) is 36.4 Å². The molecule has 0 bridgehead atoms. The third-order valence-corrected chi connectivity index (χ3v) is 7.01. The van der Waals surface area contributed by atoms with Crippen LogP contribution in [-0.4, -0.2) is 60.4 Å². The highest BCUT2D eigenvalue weighted by Gasteiger charge is 2.49. The van der Waals surface area contributed by atoms with Crippen molar-refractivity contribution >= 4 is 34.2 Å². The SMILES string of the molecule is CC(=O)c1ccc(N2CCN(CN3C(=O)NC(C)(c4ccc5ccccc5c4)C3=O)CC2)c(F)c1. The quantitative estimate of drug-likeness (QED) is 0.451. The van der Waals surface area contributed by atoms with Crippen LogP contribution in [0.4, 0.5) is 14.9 Å². The molecule has 7 nitrogen and oxygen atoms in total. The lowest BCUT2D eigenvalue weighted by atomic mass is 9.90. The van der Waals surface area contributed by atoms with Gasteiger partial charge in [-0.2, -0.15) is 0 Å². The van der Waals surface area contributed by atoms with Gasteiger partial charge in [0.1, 0.15) is 11.4 Å². The van der Waals surface area contributed by atoms with Gasteiger partial charge in [0.2, 0.25) is 0 Å². The molecule has 2 fully saturated rings. The van der Waals surface area contributed by atoms with Gasteiger partial charge in [0.25, 0.3) is 5.91 Å². The lowest BCUT2D eigenvalue weighted by Crippen LogP contribution is -2.51. The van der Waals surface area contributed by atoms with Gasteiger partial charge in [-0.3, -0.25) is 14.5 Å². The van der Waals surface area contributed by atoms with Crippen LogP contribution in [0.25, 0.3) is 10.8 Å². The summed E-state index contributed by atoms with van der Waals surface area (Å²) in [4.78, 5) is 42.9. The molecule has 0 radical (unpaired) electrons. The van der Waals surface area contributed by atoms with Gasteiger partial charge in [0.05, 0.1) is 12.4 Å². The largest absolute Gasteiger partial charge is 0.367 e. The molecule has 0 spiro atoms. The zero-order valence-electron chi connectivity index (χ0n) is 19.8. The summed E-state index contributed by atoms with van der Waals surface area (Å²) < 4.78 is 14.6. The molecule has 0 aromatic heterocycles. The minimum Gasteiger partial charge on any atom is -0.367 e. The third-order valence-electron chi connectivity index (χ3n) is 7.01. The number of nitrogens with one attached hydrogen (secondary N) is 1. The van der Waals surface area contributed by atoms with Crippen LogP contribution in [0, 0.1) is 5.82 Å². The molecule has 2 aliphatic heterocycles. The van der Waals surface area contributed by atoms with E-state index in [0.29, 0.717) is 37.4 Å². The maximum absolute atomic E-state index is 14.6. The Balaban J connectivity index is 1.26. The molecule has 1 atom stereocenters. The first-order chi connectivity index (χ1) is 16.8. The molecule has 5 rings (SSSR count). The van der Waals surface area contributed by atoms with Gasteiger partial charge in [-0.05, 0) is 54.4 Å². The van der Waals surface area contributed by atoms with Crippen molar-refractivity contribution in [3.8, 4) is 0 Å². The number of imide groups is 1. The molecule has 1 unspecified atom stereocenters. The average molecular weight is 475 g/mol. The zero-order chi connectivity index (χ0) is 24.7. The number of halogens is 1. The van der Waals surface area contributed by atoms with E-state index in [1.165, 1.54) is 17.9 Å². The maximum Gasteiger partial charge on any atom is 0.326 e. The number of hydrogen-bond donors (Lipinski definition) is 1. The highest BCUT2D eigenvalue weighted by atomic mass is 19.1. The van der Waals surface area contributed by atoms with Crippen LogP contribution < -0.4 is 10.2 Å². The van der Waals surface area contributed by atoms with Gasteiger partial charge in [0, 0.05) is 31.7 Å². The Hall–Kier alpha value is -3.78. The first-order valence-electron chi connectivity index (χ1n) is 11.7. The topological polar surface area (TPSA) is 73.0 Å². The second-order valence-electron chi connectivity index (χ2n) is 9.32. The van der Waals surface area contributed by atoms with E-state index in [1.807, 2.05) is 52.3 Å². The van der Waals surface area contributed by atoms with Gasteiger partial charge in [0.15, 0.2) is 5.78 Å². The smallest absolute Gasteiger partial charge is 0.326 e. The molecule has 3 aromatic rings. The lowest BCUT2D eigenvalue weighted by molar-refractivity contribution is -0.132. The van der Waals surface area contributed by atoms with Crippen LogP contribution in [-0.2, 0) is 10.3 Å². The van der Waals surface area contributed by atoms with Gasteiger partial charge < -0.3 is 10.2 Å². The minimum absolute atomic E-state index is 0.174. The van der Waals surface area contributed by atoms with Gasteiger partial charge >= 0.3 is 6.03 Å². The number of piperazine rings is 1. The summed E-state index contributed by atoms with van der Waals surface area (Å²) in [5, 5.41) is 4.95. The number of carbonyl (C=O) groups is 3. The van der Waals surface area contributed by atoms with E-state index in [1.54, 1.807) is 19.1 Å². The number of rotatable bonds is 5. The maximum atomic E-state index is 14.6. The normalized spacial score (nSPS) is 21.0. The number of urea groups is 1. The summed E-state index contributed by atoms with van der Waals surface area (Å²) in [6.07, 6.45) is 0. The van der Waals surface area contributed by atoms with Gasteiger partial charge in [-0.25, -0.2) is 14.1 Å². The lowest BCUT2D eigenvalue weighted by Gasteiger charge is -2.37. The van der Waals surface area contributed by atoms with Crippen molar-refractivity contribution in [1.82, 2.24) is 15.1 Å². The number of benzene rings is 3. The Morgan fingerprint density at radius 1 is 0.971 bits per heavy atom. The van der Waals surface area contributed by atoms with E-state index in [2.05, 4.69) is 5.32 Å². The predicted molar refractivity (Wildman–Crippen MR) is 132 cm³/mol. The van der Waals surface area contributed by atoms with Crippen molar-refractivity contribution in [2.75, 3.05) is 37.7 Å². The highest BCUT2D eigenvalue weighted by molar-refractivity contribution is 6.07. The molecule has 35 heavy (non-hydrogen) atoms. The van der Waals surface area contributed by atoms with Crippen LogP contribution in [0.1, 0.15) is 29.8 Å². The summed E-state index contributed by atoms with van der Waals surface area (Å²) in [5.74, 6) is -0.887. The van der Waals surface area contributed by atoms with E-state index in [9.17, 15) is 18.8 Å². The van der Waals surface area contributed by atoms with E-state index in [4.69, 9.17) is 0 Å². The summed E-state index contributed by atoms with van der Waals surface area (Å²) in [6, 6.07) is 17.8. The molecule has 0 saturated carbocycles. The average Bonchev–Trinajstić information content (AvgIpc) is 3.08. The van der Waals surface area contributed by atoms with Gasteiger partial charge in [-0.15, -0.1) is 0 Å². The minimum atomic E-state index is -1.13. The second-order valence-corrected chi connectivity index (χ2v) is 9.32. The molecule has 180 valence electrons. The molecule has 8 heteroatoms. The van der Waals surface area contributed by atoms with E-state index < -0.39 is 17.4 Å². The molecule has 2 saturated heterocycles. The number of anilines is 1. The Kier molecular flexibility index (Phi) is 5.76. The zero-order valence-corrected chi connectivity index (χ0v) is 19.8. The molecular formula is C27H27FN4O3. The number of fused-ring (bicyclic) bond motifs is 1. The monoisotopic (exact) mass is 474 g/mol. The Labute approximate surface area is 203 Å². The van der Waals surface area contributed by atoms with Crippen LogP contribution >= 0.6 is 0 Å². The Morgan fingerprint density at radius 3 is 2.37 bits per heavy atom. The Bertz CT molecular complexity index is 1340. The van der Waals surface area contributed by atoms with E-state index >= 15 is 0 Å².